The van der Waals surface area contributed by atoms with Gasteiger partial charge in [-0.2, -0.15) is 0 Å². The zero-order chi connectivity index (χ0) is 37.8. The normalized spacial score (nSPS) is 11.3. The Kier molecular flexibility index (Phi) is 9.45. The highest BCUT2D eigenvalue weighted by Crippen LogP contribution is 2.42. The number of aryl methyl sites for hydroxylation is 2. The Balaban J connectivity index is 0.974. The van der Waals surface area contributed by atoms with E-state index >= 15 is 0 Å². The molecule has 9 rings (SSSR count). The van der Waals surface area contributed by atoms with Gasteiger partial charge in [-0.05, 0) is 130 Å². The van der Waals surface area contributed by atoms with Gasteiger partial charge in [0.05, 0.1) is 5.69 Å². The van der Waals surface area contributed by atoms with Crippen molar-refractivity contribution in [2.45, 2.75) is 13.8 Å². The third-order valence-electron chi connectivity index (χ3n) is 10.5. The summed E-state index contributed by atoms with van der Waals surface area (Å²) >= 11 is 0. The summed E-state index contributed by atoms with van der Waals surface area (Å²) in [7, 11) is 0. The van der Waals surface area contributed by atoms with Gasteiger partial charge in [0.25, 0.3) is 0 Å². The van der Waals surface area contributed by atoms with Crippen molar-refractivity contribution in [1.82, 2.24) is 0 Å². The van der Waals surface area contributed by atoms with Crippen LogP contribution in [0.25, 0.3) is 44.8 Å². The molecule has 0 amide bonds. The molecular formula is C54H42N2. The van der Waals surface area contributed by atoms with Gasteiger partial charge < -0.3 is 9.80 Å². The van der Waals surface area contributed by atoms with Gasteiger partial charge in [0, 0.05) is 33.8 Å². The second-order valence-corrected chi connectivity index (χ2v) is 14.4. The van der Waals surface area contributed by atoms with Crippen LogP contribution in [0.15, 0.2) is 206 Å². The lowest BCUT2D eigenvalue weighted by Gasteiger charge is -2.28. The monoisotopic (exact) mass is 718 g/mol. The van der Waals surface area contributed by atoms with Gasteiger partial charge in [0.15, 0.2) is 0 Å². The van der Waals surface area contributed by atoms with Crippen LogP contribution in [-0.2, 0) is 0 Å². The van der Waals surface area contributed by atoms with Gasteiger partial charge in [0.1, 0.15) is 0 Å². The van der Waals surface area contributed by atoms with Crippen LogP contribution in [0.1, 0.15) is 22.3 Å². The van der Waals surface area contributed by atoms with Crippen molar-refractivity contribution in [2.75, 3.05) is 9.80 Å². The number of rotatable bonds is 9. The fraction of sp³-hybridized carbons (Fsp3) is 0.0370. The third-order valence-corrected chi connectivity index (χ3v) is 10.5. The Morgan fingerprint density at radius 2 is 0.750 bits per heavy atom. The number of nitrogens with zero attached hydrogens (tertiary/aromatic N) is 2. The van der Waals surface area contributed by atoms with Crippen LogP contribution in [0.3, 0.4) is 0 Å². The molecule has 0 spiro atoms. The molecule has 0 unspecified atom stereocenters. The molecule has 268 valence electrons. The summed E-state index contributed by atoms with van der Waals surface area (Å²) in [5.41, 5.74) is 14.0. The highest BCUT2D eigenvalue weighted by atomic mass is 15.1. The van der Waals surface area contributed by atoms with E-state index in [1.54, 1.807) is 0 Å². The number of benzene rings is 9. The maximum absolute atomic E-state index is 2.41. The molecule has 0 fully saturated rings. The Hall–Kier alpha value is -7.16. The zero-order valence-corrected chi connectivity index (χ0v) is 31.7. The summed E-state index contributed by atoms with van der Waals surface area (Å²) in [6.45, 7) is 4.35. The molecule has 9 aromatic rings. The summed E-state index contributed by atoms with van der Waals surface area (Å²) in [5, 5.41) is 4.99. The number of hydrogen-bond donors (Lipinski definition) is 0. The van der Waals surface area contributed by atoms with Gasteiger partial charge >= 0.3 is 0 Å². The van der Waals surface area contributed by atoms with Gasteiger partial charge in [-0.15, -0.1) is 0 Å². The van der Waals surface area contributed by atoms with E-state index < -0.39 is 0 Å². The van der Waals surface area contributed by atoms with Crippen LogP contribution in [0.4, 0.5) is 34.1 Å². The van der Waals surface area contributed by atoms with E-state index in [2.05, 4.69) is 242 Å². The summed E-state index contributed by atoms with van der Waals surface area (Å²) in [5.74, 6) is 0. The number of fused-ring (bicyclic) bond motifs is 3. The molecule has 0 bridgehead atoms. The largest absolute Gasteiger partial charge is 0.311 e. The van der Waals surface area contributed by atoms with Gasteiger partial charge in [-0.25, -0.2) is 0 Å². The fourth-order valence-corrected chi connectivity index (χ4v) is 7.84. The minimum absolute atomic E-state index is 1.12. The Labute approximate surface area is 329 Å². The number of anilines is 6. The van der Waals surface area contributed by atoms with Crippen LogP contribution in [0, 0.1) is 13.8 Å². The van der Waals surface area contributed by atoms with Crippen molar-refractivity contribution < 1.29 is 0 Å². The van der Waals surface area contributed by atoms with E-state index in [-0.39, 0.29) is 0 Å². The summed E-state index contributed by atoms with van der Waals surface area (Å²) < 4.78 is 0. The van der Waals surface area contributed by atoms with E-state index in [0.29, 0.717) is 0 Å². The zero-order valence-electron chi connectivity index (χ0n) is 31.7. The maximum atomic E-state index is 2.41. The molecule has 0 aliphatic carbocycles. The number of hydrogen-bond acceptors (Lipinski definition) is 2. The Morgan fingerprint density at radius 3 is 1.34 bits per heavy atom. The summed E-state index contributed by atoms with van der Waals surface area (Å²) in [6.07, 6.45) is 4.39. The smallest absolute Gasteiger partial charge is 0.0546 e. The van der Waals surface area contributed by atoms with Crippen molar-refractivity contribution in [3.8, 4) is 11.1 Å². The Bertz CT molecular complexity index is 2730. The molecule has 0 atom stereocenters. The van der Waals surface area contributed by atoms with Crippen LogP contribution < -0.4 is 9.80 Å². The van der Waals surface area contributed by atoms with Crippen LogP contribution in [0.5, 0.6) is 0 Å². The first kappa shape index (κ1) is 34.6. The highest BCUT2D eigenvalue weighted by molar-refractivity contribution is 6.14. The standard InChI is InChI=1S/C54H42N2/c1-39-35-40(2)37-50(36-39)56(54-38-45-13-9-10-18-51(45)52-19-11-12-20-53(52)54)49-31-25-42(26-32-49)22-21-41-23-27-43(28-24-41)44-29-33-48(34-30-44)55(46-14-5-3-6-15-46)47-16-7-4-8-17-47/h3-38H,1-2H3/b22-21+. The molecule has 0 saturated heterocycles. The SMILES string of the molecule is Cc1cc(C)cc(N(c2ccc(/C=C/c3ccc(-c4ccc(N(c5ccccc5)c5ccccc5)cc4)cc3)cc2)c2cc3ccccc3c3ccccc23)c1. The predicted molar refractivity (Wildman–Crippen MR) is 241 cm³/mol. The maximum Gasteiger partial charge on any atom is 0.0546 e. The van der Waals surface area contributed by atoms with Crippen molar-refractivity contribution in [3.63, 3.8) is 0 Å². The van der Waals surface area contributed by atoms with E-state index in [1.807, 2.05) is 0 Å². The van der Waals surface area contributed by atoms with Crippen LogP contribution in [0.2, 0.25) is 0 Å². The average molecular weight is 719 g/mol. The van der Waals surface area contributed by atoms with E-state index in [4.69, 9.17) is 0 Å². The predicted octanol–water partition coefficient (Wildman–Crippen LogP) is 15.4. The summed E-state index contributed by atoms with van der Waals surface area (Å²) in [6, 6.07) is 74.2. The van der Waals surface area contributed by atoms with Crippen LogP contribution in [-0.4, -0.2) is 0 Å². The van der Waals surface area contributed by atoms with Crippen molar-refractivity contribution >= 4 is 67.8 Å². The van der Waals surface area contributed by atoms with Crippen molar-refractivity contribution in [2.24, 2.45) is 0 Å². The lowest BCUT2D eigenvalue weighted by molar-refractivity contribution is 1.26. The van der Waals surface area contributed by atoms with E-state index in [1.165, 1.54) is 49.5 Å². The quantitative estimate of drug-likeness (QED) is 0.108. The Morgan fingerprint density at radius 1 is 0.321 bits per heavy atom. The molecule has 2 nitrogen and oxygen atoms in total. The van der Waals surface area contributed by atoms with Crippen molar-refractivity contribution in [1.29, 1.82) is 0 Å². The second-order valence-electron chi connectivity index (χ2n) is 14.4. The molecule has 0 heterocycles. The third kappa shape index (κ3) is 7.09. The minimum atomic E-state index is 1.12. The van der Waals surface area contributed by atoms with Gasteiger partial charge in [-0.3, -0.25) is 0 Å². The van der Waals surface area contributed by atoms with Gasteiger partial charge in [-0.1, -0.05) is 152 Å². The molecule has 2 heteroatoms. The number of para-hydroxylation sites is 2. The molecule has 0 saturated carbocycles. The molecule has 0 N–H and O–H groups in total. The first-order valence-electron chi connectivity index (χ1n) is 19.3. The first-order chi connectivity index (χ1) is 27.6. The molecule has 0 aliphatic heterocycles. The lowest BCUT2D eigenvalue weighted by atomic mass is 9.98. The fourth-order valence-electron chi connectivity index (χ4n) is 7.84. The van der Waals surface area contributed by atoms with E-state index in [0.717, 1.165) is 39.6 Å². The minimum Gasteiger partial charge on any atom is -0.311 e. The highest BCUT2D eigenvalue weighted by Gasteiger charge is 2.18. The topological polar surface area (TPSA) is 6.48 Å². The summed E-state index contributed by atoms with van der Waals surface area (Å²) in [4.78, 5) is 4.70. The first-order valence-corrected chi connectivity index (χ1v) is 19.3. The molecule has 0 aromatic heterocycles. The van der Waals surface area contributed by atoms with Crippen LogP contribution >= 0.6 is 0 Å². The average Bonchev–Trinajstić information content (AvgIpc) is 3.24. The molecule has 0 aliphatic rings. The molecule has 56 heavy (non-hydrogen) atoms. The van der Waals surface area contributed by atoms with Gasteiger partial charge in [0.2, 0.25) is 0 Å². The lowest BCUT2D eigenvalue weighted by Crippen LogP contribution is -2.11. The second kappa shape index (κ2) is 15.3. The molecule has 9 aromatic carbocycles. The molecule has 0 radical (unpaired) electrons. The van der Waals surface area contributed by atoms with E-state index in [9.17, 15) is 0 Å². The van der Waals surface area contributed by atoms with Crippen molar-refractivity contribution in [3.05, 3.63) is 229 Å². The molecular weight excluding hydrogens is 677 g/mol.